The molecule has 4 rings (SSSR count). The van der Waals surface area contributed by atoms with Crippen LogP contribution in [0.25, 0.3) is 0 Å². The number of benzene rings is 3. The molecule has 1 unspecified atom stereocenters. The molecule has 0 radical (unpaired) electrons. The summed E-state index contributed by atoms with van der Waals surface area (Å²) in [6, 6.07) is 17.9. The third-order valence-corrected chi connectivity index (χ3v) is 6.15. The molecule has 218 valence electrons. The van der Waals surface area contributed by atoms with E-state index in [4.69, 9.17) is 16.3 Å². The molecule has 0 saturated carbocycles. The molecule has 3 aromatic carbocycles. The van der Waals surface area contributed by atoms with Gasteiger partial charge in [0.2, 0.25) is 0 Å². The largest absolute Gasteiger partial charge is 0.461 e. The second-order valence-corrected chi connectivity index (χ2v) is 9.27. The van der Waals surface area contributed by atoms with E-state index in [0.717, 1.165) is 36.4 Å². The van der Waals surface area contributed by atoms with Crippen molar-refractivity contribution in [3.8, 4) is 11.5 Å². The van der Waals surface area contributed by atoms with Crippen molar-refractivity contribution in [1.29, 1.82) is 0 Å². The molecule has 0 spiro atoms. The van der Waals surface area contributed by atoms with E-state index in [2.05, 4.69) is 15.0 Å². The Hall–Kier alpha value is -4.78. The zero-order chi connectivity index (χ0) is 30.5. The van der Waals surface area contributed by atoms with Gasteiger partial charge >= 0.3 is 18.6 Å². The molecule has 1 heterocycles. The van der Waals surface area contributed by atoms with Gasteiger partial charge in [-0.15, -0.1) is 0 Å². The van der Waals surface area contributed by atoms with E-state index < -0.39 is 40.7 Å². The van der Waals surface area contributed by atoms with Crippen molar-refractivity contribution < 1.29 is 41.1 Å². The second-order valence-electron chi connectivity index (χ2n) is 8.84. The van der Waals surface area contributed by atoms with Gasteiger partial charge in [-0.25, -0.2) is 9.18 Å². The number of carbonyl (C=O) groups excluding carboxylic acids is 1. The highest BCUT2D eigenvalue weighted by Gasteiger charge is 2.45. The molecule has 8 nitrogen and oxygen atoms in total. The van der Waals surface area contributed by atoms with E-state index in [-0.39, 0.29) is 34.1 Å². The number of nitrogens with one attached hydrogen (secondary N) is 1. The number of hydrogen-bond acceptors (Lipinski definition) is 6. The minimum atomic E-state index is -4.95. The zero-order valence-electron chi connectivity index (χ0n) is 21.1. The number of amides is 1. The van der Waals surface area contributed by atoms with Crippen LogP contribution in [0.5, 0.6) is 11.5 Å². The van der Waals surface area contributed by atoms with E-state index in [1.807, 2.05) is 0 Å². The third-order valence-electron chi connectivity index (χ3n) is 5.92. The highest BCUT2D eigenvalue weighted by atomic mass is 35.5. The predicted molar refractivity (Wildman–Crippen MR) is 140 cm³/mol. The van der Waals surface area contributed by atoms with Gasteiger partial charge in [-0.3, -0.25) is 15.1 Å². The van der Waals surface area contributed by atoms with Gasteiger partial charge in [0.15, 0.2) is 0 Å². The Morgan fingerprint density at radius 2 is 1.69 bits per heavy atom. The van der Waals surface area contributed by atoms with E-state index >= 15 is 0 Å². The number of alkyl halides is 4. The average molecular weight is 608 g/mol. The number of rotatable bonds is 10. The number of non-ortho nitro benzene ring substituents is 1. The first-order chi connectivity index (χ1) is 19.9. The lowest BCUT2D eigenvalue weighted by atomic mass is 9.80. The Labute approximate surface area is 239 Å². The maximum atomic E-state index is 14.9. The molecule has 0 aliphatic rings. The molecule has 0 aliphatic carbocycles. The number of pyridine rings is 1. The summed E-state index contributed by atoms with van der Waals surface area (Å²) < 4.78 is 77.7. The minimum Gasteiger partial charge on any atom is -0.428 e. The Balaban J connectivity index is 1.85. The van der Waals surface area contributed by atoms with E-state index in [1.165, 1.54) is 18.3 Å². The van der Waals surface area contributed by atoms with Gasteiger partial charge in [0.25, 0.3) is 5.69 Å². The fourth-order valence-electron chi connectivity index (χ4n) is 4.06. The first-order valence-electron chi connectivity index (χ1n) is 11.9. The maximum Gasteiger partial charge on any atom is 0.461 e. The van der Waals surface area contributed by atoms with Crippen molar-refractivity contribution >= 4 is 23.4 Å². The maximum absolute atomic E-state index is 14.9. The fraction of sp³-hybridized carbons (Fsp3) is 0.143. The fourth-order valence-corrected chi connectivity index (χ4v) is 4.18. The molecule has 0 saturated heterocycles. The van der Waals surface area contributed by atoms with Gasteiger partial charge in [0.1, 0.15) is 22.9 Å². The van der Waals surface area contributed by atoms with Crippen molar-refractivity contribution in [2.24, 2.45) is 0 Å². The molecule has 1 N–H and O–H groups in total. The molecule has 42 heavy (non-hydrogen) atoms. The van der Waals surface area contributed by atoms with Gasteiger partial charge in [0, 0.05) is 30.8 Å². The second kappa shape index (κ2) is 12.4. The van der Waals surface area contributed by atoms with Crippen molar-refractivity contribution in [3.05, 3.63) is 129 Å². The van der Waals surface area contributed by atoms with E-state index in [0.29, 0.717) is 11.6 Å². The number of carbonyl (C=O) groups is 1. The standard InChI is InChI=1S/C28H19ClF5N3O5/c29-19-6-11-24(35-16-19)27(15-17-4-2-1-3-5-17,36-26(38)41-22-9-7-21(8-10-22)37(39)40)18-12-20(30)14-23(13-18)42-28(33,34)25(31)32/h1-14,16,25H,15H2,(H,36,38). The number of nitro benzene ring substituents is 1. The molecular formula is C28H19ClF5N3O5. The molecule has 1 amide bonds. The molecular weight excluding hydrogens is 589 g/mol. The summed E-state index contributed by atoms with van der Waals surface area (Å²) in [5, 5.41) is 13.7. The lowest BCUT2D eigenvalue weighted by Crippen LogP contribution is -2.50. The lowest BCUT2D eigenvalue weighted by Gasteiger charge is -2.35. The minimum absolute atomic E-state index is 0.0357. The van der Waals surface area contributed by atoms with Crippen molar-refractivity contribution in [1.82, 2.24) is 10.3 Å². The first-order valence-corrected chi connectivity index (χ1v) is 12.3. The van der Waals surface area contributed by atoms with Crippen LogP contribution in [-0.4, -0.2) is 28.5 Å². The molecule has 0 bridgehead atoms. The van der Waals surface area contributed by atoms with Crippen LogP contribution in [0.4, 0.5) is 32.4 Å². The number of hydrogen-bond donors (Lipinski definition) is 1. The Bertz CT molecular complexity index is 1560. The molecule has 0 aliphatic heterocycles. The average Bonchev–Trinajstić information content (AvgIpc) is 2.93. The molecule has 0 fully saturated rings. The van der Waals surface area contributed by atoms with Crippen LogP contribution >= 0.6 is 11.6 Å². The third kappa shape index (κ3) is 7.10. The number of ether oxygens (including phenoxy) is 2. The van der Waals surface area contributed by atoms with Crippen LogP contribution in [0.15, 0.2) is 91.1 Å². The molecule has 1 aromatic heterocycles. The van der Waals surface area contributed by atoms with Gasteiger partial charge < -0.3 is 14.8 Å². The van der Waals surface area contributed by atoms with Crippen LogP contribution in [0.2, 0.25) is 5.02 Å². The summed E-state index contributed by atoms with van der Waals surface area (Å²) in [6.07, 6.45) is -9.27. The molecule has 14 heteroatoms. The normalized spacial score (nSPS) is 12.8. The van der Waals surface area contributed by atoms with Crippen LogP contribution in [0, 0.1) is 15.9 Å². The zero-order valence-corrected chi connectivity index (χ0v) is 21.9. The van der Waals surface area contributed by atoms with Crippen molar-refractivity contribution in [3.63, 3.8) is 0 Å². The van der Waals surface area contributed by atoms with Gasteiger partial charge in [-0.05, 0) is 47.5 Å². The summed E-state index contributed by atoms with van der Waals surface area (Å²) in [5.74, 6) is -2.20. The van der Waals surface area contributed by atoms with Crippen LogP contribution in [0.1, 0.15) is 16.8 Å². The van der Waals surface area contributed by atoms with E-state index in [9.17, 15) is 36.9 Å². The Morgan fingerprint density at radius 1 is 1.00 bits per heavy atom. The van der Waals surface area contributed by atoms with Crippen LogP contribution < -0.4 is 14.8 Å². The smallest absolute Gasteiger partial charge is 0.428 e. The summed E-state index contributed by atoms with van der Waals surface area (Å²) >= 11 is 6.01. The number of aromatic nitrogens is 1. The summed E-state index contributed by atoms with van der Waals surface area (Å²) in [7, 11) is 0. The molecule has 4 aromatic rings. The van der Waals surface area contributed by atoms with Crippen molar-refractivity contribution in [2.45, 2.75) is 24.5 Å². The highest BCUT2D eigenvalue weighted by Crippen LogP contribution is 2.37. The number of nitrogens with zero attached hydrogens (tertiary/aromatic N) is 2. The summed E-state index contributed by atoms with van der Waals surface area (Å²) in [4.78, 5) is 27.8. The van der Waals surface area contributed by atoms with Gasteiger partial charge in [0.05, 0.1) is 15.6 Å². The molecule has 1 atom stereocenters. The first kappa shape index (κ1) is 30.2. The van der Waals surface area contributed by atoms with Crippen molar-refractivity contribution in [2.75, 3.05) is 0 Å². The summed E-state index contributed by atoms with van der Waals surface area (Å²) in [5.41, 5.74) is -1.78. The SMILES string of the molecule is O=C(NC(Cc1ccccc1)(c1cc(F)cc(OC(F)(F)C(F)F)c1)c1ccc(Cl)cn1)Oc1ccc([N+](=O)[O-])cc1. The highest BCUT2D eigenvalue weighted by molar-refractivity contribution is 6.30. The monoisotopic (exact) mass is 607 g/mol. The number of nitro groups is 1. The van der Waals surface area contributed by atoms with Gasteiger partial charge in [-0.1, -0.05) is 41.9 Å². The van der Waals surface area contributed by atoms with E-state index in [1.54, 1.807) is 30.3 Å². The topological polar surface area (TPSA) is 104 Å². The number of halogens is 6. The van der Waals surface area contributed by atoms with Gasteiger partial charge in [-0.2, -0.15) is 17.6 Å². The Morgan fingerprint density at radius 3 is 2.29 bits per heavy atom. The summed E-state index contributed by atoms with van der Waals surface area (Å²) in [6.45, 7) is 0. The lowest BCUT2D eigenvalue weighted by molar-refractivity contribution is -0.384. The Kier molecular flexibility index (Phi) is 8.90. The quantitative estimate of drug-likeness (QED) is 0.115. The van der Waals surface area contributed by atoms with Crippen LogP contribution in [0.3, 0.4) is 0 Å². The van der Waals surface area contributed by atoms with Crippen LogP contribution in [-0.2, 0) is 12.0 Å². The predicted octanol–water partition coefficient (Wildman–Crippen LogP) is 7.29.